The molecule has 4 N–H and O–H groups in total. The van der Waals surface area contributed by atoms with E-state index in [1.165, 1.54) is 244 Å². The number of hydrogen-bond acceptors (Lipinski definition) is 4. The molecule has 0 aliphatic carbocycles. The molecule has 5 heteroatoms. The molecule has 0 spiro atoms. The molecule has 0 aliphatic heterocycles. The first kappa shape index (κ1) is 64.3. The van der Waals surface area contributed by atoms with Crippen molar-refractivity contribution in [3.05, 3.63) is 48.6 Å². The summed E-state index contributed by atoms with van der Waals surface area (Å²) in [6, 6.07) is -0.769. The van der Waals surface area contributed by atoms with Crippen LogP contribution in [0.5, 0.6) is 0 Å². The number of aliphatic hydroxyl groups is 3. The second-order valence-electron chi connectivity index (χ2n) is 20.2. The van der Waals surface area contributed by atoms with E-state index < -0.39 is 18.2 Å². The maximum Gasteiger partial charge on any atom is 0.222 e. The molecule has 3 atom stereocenters. The fourth-order valence-electron chi connectivity index (χ4n) is 9.08. The van der Waals surface area contributed by atoms with Gasteiger partial charge in [0.2, 0.25) is 5.91 Å². The van der Waals surface area contributed by atoms with E-state index in [0.29, 0.717) is 6.42 Å². The first-order valence-corrected chi connectivity index (χ1v) is 29.4. The molecule has 0 aromatic carbocycles. The predicted octanol–water partition coefficient (Wildman–Crippen LogP) is 18.4. The number of carbonyl (C=O) groups excluding carboxylic acids is 1. The van der Waals surface area contributed by atoms with Crippen LogP contribution in [0.15, 0.2) is 48.6 Å². The molecular weight excluding hydrogens is 811 g/mol. The second kappa shape index (κ2) is 55.9. The van der Waals surface area contributed by atoms with Crippen LogP contribution in [-0.4, -0.2) is 46.1 Å². The number of allylic oxidation sites excluding steroid dienone is 7. The van der Waals surface area contributed by atoms with Crippen LogP contribution in [0, 0.1) is 0 Å². The summed E-state index contributed by atoms with van der Waals surface area (Å²) in [7, 11) is 0. The molecule has 0 heterocycles. The van der Waals surface area contributed by atoms with Crippen molar-refractivity contribution < 1.29 is 20.1 Å². The molecule has 1 amide bonds. The fourth-order valence-corrected chi connectivity index (χ4v) is 9.08. The van der Waals surface area contributed by atoms with E-state index in [9.17, 15) is 20.1 Å². The van der Waals surface area contributed by atoms with E-state index in [1.54, 1.807) is 6.08 Å². The molecule has 66 heavy (non-hydrogen) atoms. The predicted molar refractivity (Wildman–Crippen MR) is 291 cm³/mol. The summed E-state index contributed by atoms with van der Waals surface area (Å²) < 4.78 is 0. The fraction of sp³-hybridized carbons (Fsp3) is 0.852. The summed E-state index contributed by atoms with van der Waals surface area (Å²) in [6.45, 7) is 4.23. The Balaban J connectivity index is 3.61. The van der Waals surface area contributed by atoms with E-state index in [4.69, 9.17) is 0 Å². The zero-order valence-electron chi connectivity index (χ0n) is 44.3. The number of nitrogens with one attached hydrogen (secondary N) is 1. The Morgan fingerprint density at radius 3 is 0.970 bits per heavy atom. The standard InChI is InChI=1S/C61H115NO4/c1-3-5-7-9-11-13-15-17-19-21-23-25-27-28-29-30-31-33-34-36-38-40-42-44-46-48-50-52-54-58(64)56-61(66)62-59(57-63)60(65)55-53-51-49-47-45-43-41-39-37-35-32-26-24-22-20-18-16-14-12-10-8-6-4-2/h28-29,37,39,45,47,53,55,58-60,63-65H,3-27,30-36,38,40-44,46,48-52,54,56-57H2,1-2H3,(H,62,66)/b29-28-,39-37+,47-45+,55-53+. The van der Waals surface area contributed by atoms with Crippen LogP contribution in [0.1, 0.15) is 309 Å². The van der Waals surface area contributed by atoms with Gasteiger partial charge in [0, 0.05) is 0 Å². The van der Waals surface area contributed by atoms with Crippen LogP contribution in [-0.2, 0) is 4.79 Å². The molecule has 0 radical (unpaired) electrons. The van der Waals surface area contributed by atoms with Gasteiger partial charge in [0.1, 0.15) is 0 Å². The maximum absolute atomic E-state index is 12.5. The lowest BCUT2D eigenvalue weighted by molar-refractivity contribution is -0.124. The Morgan fingerprint density at radius 2 is 0.652 bits per heavy atom. The molecule has 388 valence electrons. The molecule has 0 fully saturated rings. The monoisotopic (exact) mass is 926 g/mol. The summed E-state index contributed by atoms with van der Waals surface area (Å²) in [5.74, 6) is -0.326. The van der Waals surface area contributed by atoms with Crippen molar-refractivity contribution in [2.24, 2.45) is 0 Å². The Kier molecular flexibility index (Phi) is 54.5. The lowest BCUT2D eigenvalue weighted by Gasteiger charge is -2.21. The molecule has 0 aromatic rings. The van der Waals surface area contributed by atoms with Gasteiger partial charge in [0.15, 0.2) is 0 Å². The lowest BCUT2D eigenvalue weighted by Crippen LogP contribution is -2.45. The van der Waals surface area contributed by atoms with Crippen LogP contribution in [0.2, 0.25) is 0 Å². The number of unbranched alkanes of at least 4 members (excludes halogenated alkanes) is 39. The van der Waals surface area contributed by atoms with Gasteiger partial charge in [-0.2, -0.15) is 0 Å². The van der Waals surface area contributed by atoms with E-state index in [1.807, 2.05) is 6.08 Å². The van der Waals surface area contributed by atoms with Crippen LogP contribution < -0.4 is 5.32 Å². The Labute approximate surface area is 412 Å². The summed E-state index contributed by atoms with van der Waals surface area (Å²) in [4.78, 5) is 12.5. The highest BCUT2D eigenvalue weighted by Crippen LogP contribution is 2.17. The Hall–Kier alpha value is -1.69. The van der Waals surface area contributed by atoms with Crippen LogP contribution in [0.4, 0.5) is 0 Å². The van der Waals surface area contributed by atoms with Gasteiger partial charge in [-0.25, -0.2) is 0 Å². The Bertz CT molecular complexity index is 1070. The topological polar surface area (TPSA) is 89.8 Å². The summed E-state index contributed by atoms with van der Waals surface area (Å²) >= 11 is 0. The summed E-state index contributed by atoms with van der Waals surface area (Å²) in [5, 5.41) is 33.5. The van der Waals surface area contributed by atoms with Gasteiger partial charge in [-0.1, -0.05) is 281 Å². The zero-order chi connectivity index (χ0) is 47.9. The van der Waals surface area contributed by atoms with E-state index >= 15 is 0 Å². The van der Waals surface area contributed by atoms with Crippen molar-refractivity contribution in [1.82, 2.24) is 5.32 Å². The van der Waals surface area contributed by atoms with Crippen molar-refractivity contribution in [3.8, 4) is 0 Å². The average molecular weight is 927 g/mol. The van der Waals surface area contributed by atoms with E-state index in [-0.39, 0.29) is 18.9 Å². The average Bonchev–Trinajstić information content (AvgIpc) is 3.31. The SMILES string of the molecule is CCCCCCCCCCCCCC/C=C\CCCCCCCCCCCCCCC(O)CC(=O)NC(CO)C(O)/C=C/CC/C=C/CC/C=C/CCCCCCCCCCCCCCC. The molecule has 0 saturated heterocycles. The lowest BCUT2D eigenvalue weighted by atomic mass is 10.0. The molecule has 0 aliphatic rings. The number of aliphatic hydroxyl groups excluding tert-OH is 3. The molecule has 3 unspecified atom stereocenters. The first-order chi connectivity index (χ1) is 32.5. The third-order valence-corrected chi connectivity index (χ3v) is 13.6. The van der Waals surface area contributed by atoms with Gasteiger partial charge >= 0.3 is 0 Å². The van der Waals surface area contributed by atoms with Crippen molar-refractivity contribution in [2.45, 2.75) is 327 Å². The van der Waals surface area contributed by atoms with Crippen LogP contribution >= 0.6 is 0 Å². The smallest absolute Gasteiger partial charge is 0.222 e. The van der Waals surface area contributed by atoms with Gasteiger partial charge in [-0.3, -0.25) is 4.79 Å². The maximum atomic E-state index is 12.5. The van der Waals surface area contributed by atoms with Crippen molar-refractivity contribution in [2.75, 3.05) is 6.61 Å². The number of carbonyl (C=O) groups is 1. The normalized spacial score (nSPS) is 13.6. The molecule has 0 rings (SSSR count). The van der Waals surface area contributed by atoms with Gasteiger partial charge in [0.25, 0.3) is 0 Å². The highest BCUT2D eigenvalue weighted by Gasteiger charge is 2.20. The van der Waals surface area contributed by atoms with Crippen LogP contribution in [0.25, 0.3) is 0 Å². The molecule has 0 saturated carbocycles. The molecule has 0 bridgehead atoms. The number of amides is 1. The molecule has 5 nitrogen and oxygen atoms in total. The summed E-state index contributed by atoms with van der Waals surface area (Å²) in [5.41, 5.74) is 0. The number of hydrogen-bond donors (Lipinski definition) is 4. The largest absolute Gasteiger partial charge is 0.394 e. The second-order valence-corrected chi connectivity index (χ2v) is 20.2. The molecular formula is C61H115NO4. The van der Waals surface area contributed by atoms with E-state index in [0.717, 1.165) is 38.5 Å². The minimum Gasteiger partial charge on any atom is -0.394 e. The van der Waals surface area contributed by atoms with Gasteiger partial charge in [0.05, 0.1) is 31.3 Å². The van der Waals surface area contributed by atoms with Crippen LogP contribution in [0.3, 0.4) is 0 Å². The van der Waals surface area contributed by atoms with Gasteiger partial charge in [-0.15, -0.1) is 0 Å². The molecule has 0 aromatic heterocycles. The quantitative estimate of drug-likeness (QED) is 0.0361. The van der Waals surface area contributed by atoms with Crippen molar-refractivity contribution in [1.29, 1.82) is 0 Å². The van der Waals surface area contributed by atoms with Gasteiger partial charge < -0.3 is 20.6 Å². The highest BCUT2D eigenvalue weighted by molar-refractivity contribution is 5.76. The highest BCUT2D eigenvalue weighted by atomic mass is 16.3. The summed E-state index contributed by atoms with van der Waals surface area (Å²) in [6.07, 6.45) is 74.5. The van der Waals surface area contributed by atoms with Gasteiger partial charge in [-0.05, 0) is 70.6 Å². The third kappa shape index (κ3) is 51.7. The third-order valence-electron chi connectivity index (χ3n) is 13.6. The Morgan fingerprint density at radius 1 is 0.379 bits per heavy atom. The van der Waals surface area contributed by atoms with E-state index in [2.05, 4.69) is 55.6 Å². The van der Waals surface area contributed by atoms with Crippen molar-refractivity contribution >= 4 is 5.91 Å². The zero-order valence-corrected chi connectivity index (χ0v) is 44.3. The minimum atomic E-state index is -0.962. The minimum absolute atomic E-state index is 0.00255. The van der Waals surface area contributed by atoms with Crippen molar-refractivity contribution in [3.63, 3.8) is 0 Å². The first-order valence-electron chi connectivity index (χ1n) is 29.4. The number of rotatable bonds is 54.